The third-order valence-electron chi connectivity index (χ3n) is 2.42. The summed E-state index contributed by atoms with van der Waals surface area (Å²) in [7, 11) is 0. The molecule has 1 aromatic rings. The van der Waals surface area contributed by atoms with Gasteiger partial charge in [-0.1, -0.05) is 0 Å². The maximum absolute atomic E-state index is 13.3. The lowest BCUT2D eigenvalue weighted by Gasteiger charge is -2.20. The number of rotatable bonds is 1. The van der Waals surface area contributed by atoms with Gasteiger partial charge in [0.05, 0.1) is 6.61 Å². The Morgan fingerprint density at radius 1 is 1.36 bits per heavy atom. The van der Waals surface area contributed by atoms with Crippen LogP contribution in [0.3, 0.4) is 0 Å². The highest BCUT2D eigenvalue weighted by atomic mass is 19.1. The molecule has 0 bridgehead atoms. The molecule has 0 aromatic heterocycles. The number of nitrogens with two attached hydrogens (primary N) is 1. The topological polar surface area (TPSA) is 35.2 Å². The van der Waals surface area contributed by atoms with Crippen LogP contribution in [0.25, 0.3) is 0 Å². The first kappa shape index (κ1) is 9.40. The van der Waals surface area contributed by atoms with Gasteiger partial charge in [0, 0.05) is 23.7 Å². The van der Waals surface area contributed by atoms with Crippen molar-refractivity contribution in [1.82, 2.24) is 0 Å². The van der Waals surface area contributed by atoms with Gasteiger partial charge >= 0.3 is 0 Å². The molecule has 0 saturated heterocycles. The minimum atomic E-state index is -0.630. The summed E-state index contributed by atoms with van der Waals surface area (Å²) in [5.74, 6) is -1.03. The van der Waals surface area contributed by atoms with Crippen LogP contribution in [0.4, 0.5) is 8.78 Å². The second-order valence-electron chi connectivity index (χ2n) is 3.28. The number of halogens is 2. The number of ether oxygens (including phenoxy) is 1. The smallest absolute Gasteiger partial charge is 0.168 e. The lowest BCUT2D eigenvalue weighted by atomic mass is 9.99. The molecule has 1 aromatic carbocycles. The Bertz CT molecular complexity index is 345. The first-order chi connectivity index (χ1) is 6.74. The van der Waals surface area contributed by atoms with Gasteiger partial charge in [-0.2, -0.15) is 0 Å². The Morgan fingerprint density at radius 3 is 2.86 bits per heavy atom. The highest BCUT2D eigenvalue weighted by Gasteiger charge is 2.21. The molecule has 0 radical (unpaired) electrons. The van der Waals surface area contributed by atoms with Gasteiger partial charge in [-0.05, 0) is 12.8 Å². The van der Waals surface area contributed by atoms with E-state index >= 15 is 0 Å². The van der Waals surface area contributed by atoms with Crippen molar-refractivity contribution in [3.63, 3.8) is 0 Å². The molecule has 0 unspecified atom stereocenters. The van der Waals surface area contributed by atoms with E-state index in [1.54, 1.807) is 0 Å². The van der Waals surface area contributed by atoms with E-state index in [4.69, 9.17) is 10.5 Å². The van der Waals surface area contributed by atoms with Gasteiger partial charge in [0.2, 0.25) is 0 Å². The van der Waals surface area contributed by atoms with Crippen molar-refractivity contribution in [2.75, 3.05) is 6.61 Å². The molecule has 2 N–H and O–H groups in total. The summed E-state index contributed by atoms with van der Waals surface area (Å²) in [6, 6.07) is 0.840. The van der Waals surface area contributed by atoms with Crippen molar-refractivity contribution >= 4 is 0 Å². The lowest BCUT2D eigenvalue weighted by Crippen LogP contribution is -2.15. The molecule has 0 amide bonds. The van der Waals surface area contributed by atoms with E-state index in [1.165, 1.54) is 0 Å². The monoisotopic (exact) mass is 199 g/mol. The van der Waals surface area contributed by atoms with E-state index in [9.17, 15) is 8.78 Å². The summed E-state index contributed by atoms with van der Waals surface area (Å²) in [6.45, 7) is 0.567. The van der Waals surface area contributed by atoms with Crippen molar-refractivity contribution in [3.8, 4) is 5.75 Å². The zero-order valence-corrected chi connectivity index (χ0v) is 7.65. The highest BCUT2D eigenvalue weighted by molar-refractivity contribution is 5.43. The minimum Gasteiger partial charge on any atom is -0.490 e. The number of hydrogen-bond donors (Lipinski definition) is 1. The first-order valence-corrected chi connectivity index (χ1v) is 4.56. The normalized spacial score (nSPS) is 14.8. The van der Waals surface area contributed by atoms with Crippen LogP contribution < -0.4 is 10.5 Å². The van der Waals surface area contributed by atoms with Gasteiger partial charge in [-0.15, -0.1) is 0 Å². The number of hydrogen-bond acceptors (Lipinski definition) is 2. The lowest BCUT2D eigenvalue weighted by molar-refractivity contribution is 0.270. The Hall–Kier alpha value is -1.16. The molecule has 0 atom stereocenters. The number of fused-ring (bicyclic) bond motifs is 1. The number of benzene rings is 1. The molecule has 0 spiro atoms. The molecule has 1 aliphatic heterocycles. The Morgan fingerprint density at radius 2 is 2.14 bits per heavy atom. The van der Waals surface area contributed by atoms with Crippen LogP contribution in [-0.2, 0) is 13.0 Å². The predicted octanol–water partition coefficient (Wildman–Crippen LogP) is 1.75. The van der Waals surface area contributed by atoms with E-state index in [-0.39, 0.29) is 12.3 Å². The minimum absolute atomic E-state index is 0.0812. The van der Waals surface area contributed by atoms with Crippen molar-refractivity contribution in [2.24, 2.45) is 5.73 Å². The van der Waals surface area contributed by atoms with Crippen LogP contribution in [0.5, 0.6) is 5.75 Å². The summed E-state index contributed by atoms with van der Waals surface area (Å²) in [5.41, 5.74) is 6.38. The van der Waals surface area contributed by atoms with Crippen LogP contribution in [0, 0.1) is 11.6 Å². The SMILES string of the molecule is NCc1c(F)cc(F)c2c1CCCO2. The fourth-order valence-electron chi connectivity index (χ4n) is 1.75. The van der Waals surface area contributed by atoms with Crippen molar-refractivity contribution in [1.29, 1.82) is 0 Å². The zero-order valence-electron chi connectivity index (χ0n) is 7.65. The molecule has 2 nitrogen and oxygen atoms in total. The van der Waals surface area contributed by atoms with Crippen LogP contribution in [0.2, 0.25) is 0 Å². The van der Waals surface area contributed by atoms with Crippen LogP contribution in [0.15, 0.2) is 6.07 Å². The van der Waals surface area contributed by atoms with Gasteiger partial charge in [0.1, 0.15) is 5.82 Å². The van der Waals surface area contributed by atoms with Crippen LogP contribution in [0.1, 0.15) is 17.5 Å². The Labute approximate surface area is 80.7 Å². The average molecular weight is 199 g/mol. The van der Waals surface area contributed by atoms with Crippen molar-refractivity contribution in [2.45, 2.75) is 19.4 Å². The third-order valence-corrected chi connectivity index (χ3v) is 2.42. The van der Waals surface area contributed by atoms with Gasteiger partial charge in [-0.25, -0.2) is 8.78 Å². The summed E-state index contributed by atoms with van der Waals surface area (Å²) in [5, 5.41) is 0. The molecule has 1 aliphatic rings. The van der Waals surface area contributed by atoms with Crippen LogP contribution >= 0.6 is 0 Å². The average Bonchev–Trinajstić information content (AvgIpc) is 2.18. The van der Waals surface area contributed by atoms with Gasteiger partial charge in [0.25, 0.3) is 0 Å². The molecule has 0 saturated carbocycles. The molecule has 2 rings (SSSR count). The third kappa shape index (κ3) is 1.35. The van der Waals surface area contributed by atoms with Gasteiger partial charge in [-0.3, -0.25) is 0 Å². The molecular weight excluding hydrogens is 188 g/mol. The molecule has 0 fully saturated rings. The van der Waals surface area contributed by atoms with Crippen molar-refractivity contribution < 1.29 is 13.5 Å². The quantitative estimate of drug-likeness (QED) is 0.747. The molecule has 4 heteroatoms. The molecule has 0 aliphatic carbocycles. The van der Waals surface area contributed by atoms with Crippen LogP contribution in [-0.4, -0.2) is 6.61 Å². The fourth-order valence-corrected chi connectivity index (χ4v) is 1.75. The molecular formula is C10H11F2NO. The van der Waals surface area contributed by atoms with E-state index in [0.29, 0.717) is 24.2 Å². The standard InChI is InChI=1S/C10H11F2NO/c11-8-4-9(12)10-6(7(8)5-13)2-1-3-14-10/h4H,1-3,5,13H2. The summed E-state index contributed by atoms with van der Waals surface area (Å²) in [4.78, 5) is 0. The van der Waals surface area contributed by atoms with Gasteiger partial charge in [0.15, 0.2) is 11.6 Å². The van der Waals surface area contributed by atoms with E-state index < -0.39 is 11.6 Å². The molecule has 76 valence electrons. The summed E-state index contributed by atoms with van der Waals surface area (Å²) >= 11 is 0. The molecule has 14 heavy (non-hydrogen) atoms. The van der Waals surface area contributed by atoms with E-state index in [1.807, 2.05) is 0 Å². The van der Waals surface area contributed by atoms with Crippen molar-refractivity contribution in [3.05, 3.63) is 28.8 Å². The Balaban J connectivity index is 2.61. The van der Waals surface area contributed by atoms with Gasteiger partial charge < -0.3 is 10.5 Å². The maximum atomic E-state index is 13.3. The second kappa shape index (κ2) is 3.53. The zero-order chi connectivity index (χ0) is 10.1. The summed E-state index contributed by atoms with van der Waals surface area (Å²) < 4.78 is 31.7. The Kier molecular flexibility index (Phi) is 2.37. The fraction of sp³-hybridized carbons (Fsp3) is 0.400. The highest BCUT2D eigenvalue weighted by Crippen LogP contribution is 2.32. The first-order valence-electron chi connectivity index (χ1n) is 4.56. The largest absolute Gasteiger partial charge is 0.490 e. The van der Waals surface area contributed by atoms with E-state index in [0.717, 1.165) is 12.5 Å². The van der Waals surface area contributed by atoms with E-state index in [2.05, 4.69) is 0 Å². The summed E-state index contributed by atoms with van der Waals surface area (Å²) in [6.07, 6.45) is 1.42. The predicted molar refractivity (Wildman–Crippen MR) is 48.1 cm³/mol. The maximum Gasteiger partial charge on any atom is 0.168 e. The second-order valence-corrected chi connectivity index (χ2v) is 3.28. The molecule has 1 heterocycles.